The lowest BCUT2D eigenvalue weighted by atomic mass is 10.1. The zero-order valence-electron chi connectivity index (χ0n) is 11.1. The van der Waals surface area contributed by atoms with E-state index in [1.54, 1.807) is 14.0 Å². The first-order chi connectivity index (χ1) is 9.42. The Labute approximate surface area is 125 Å². The van der Waals surface area contributed by atoms with Gasteiger partial charge in [-0.2, -0.15) is 0 Å². The molecule has 5 nitrogen and oxygen atoms in total. The molecule has 0 bridgehead atoms. The molecule has 0 saturated heterocycles. The molecule has 0 unspecified atom stereocenters. The highest BCUT2D eigenvalue weighted by Gasteiger charge is 2.10. The van der Waals surface area contributed by atoms with Crippen molar-refractivity contribution in [1.29, 1.82) is 0 Å². The van der Waals surface area contributed by atoms with Crippen molar-refractivity contribution in [3.8, 4) is 5.75 Å². The quantitative estimate of drug-likeness (QED) is 0.635. The Balaban J connectivity index is 2.58. The van der Waals surface area contributed by atoms with Crippen molar-refractivity contribution in [2.24, 2.45) is 0 Å². The third-order valence-corrected chi connectivity index (χ3v) is 3.04. The molecule has 0 heterocycles. The Hall–Kier alpha value is -1.82. The van der Waals surface area contributed by atoms with E-state index < -0.39 is 11.9 Å². The molecule has 0 fully saturated rings. The molecule has 0 aliphatic rings. The highest BCUT2D eigenvalue weighted by molar-refractivity contribution is 9.10. The summed E-state index contributed by atoms with van der Waals surface area (Å²) in [6.07, 6.45) is 1.80. The second kappa shape index (κ2) is 7.69. The summed E-state index contributed by atoms with van der Waals surface area (Å²) < 4.78 is 11.0. The summed E-state index contributed by atoms with van der Waals surface area (Å²) in [6, 6.07) is 5.58. The molecule has 0 aliphatic carbocycles. The maximum atomic E-state index is 11.3. The van der Waals surface area contributed by atoms with E-state index in [1.807, 2.05) is 18.2 Å². The molecule has 0 saturated carbocycles. The molecular formula is C14H15BrO5. The third kappa shape index (κ3) is 5.44. The fourth-order valence-corrected chi connectivity index (χ4v) is 2.18. The van der Waals surface area contributed by atoms with Crippen LogP contribution in [0.25, 0.3) is 0 Å². The van der Waals surface area contributed by atoms with Crippen molar-refractivity contribution in [2.75, 3.05) is 7.11 Å². The van der Waals surface area contributed by atoms with Gasteiger partial charge in [-0.1, -0.05) is 6.07 Å². The van der Waals surface area contributed by atoms with E-state index in [2.05, 4.69) is 15.9 Å². The number of rotatable bonds is 6. The number of ether oxygens (including phenoxy) is 2. The molecule has 0 spiro atoms. The minimum Gasteiger partial charge on any atom is -0.496 e. The van der Waals surface area contributed by atoms with Gasteiger partial charge in [0.1, 0.15) is 11.9 Å². The van der Waals surface area contributed by atoms with E-state index in [0.717, 1.165) is 27.9 Å². The molecular weight excluding hydrogens is 328 g/mol. The number of methoxy groups -OCH3 is 1. The van der Waals surface area contributed by atoms with Crippen LogP contribution in [0.3, 0.4) is 0 Å². The second-order valence-corrected chi connectivity index (χ2v) is 4.95. The molecule has 108 valence electrons. The number of carbonyl (C=O) groups is 2. The number of hydrogen-bond acceptors (Lipinski definition) is 4. The molecule has 1 N–H and O–H groups in total. The molecule has 1 rings (SSSR count). The Morgan fingerprint density at radius 3 is 2.65 bits per heavy atom. The molecule has 0 aromatic heterocycles. The van der Waals surface area contributed by atoms with Crippen LogP contribution in [0.1, 0.15) is 12.5 Å². The molecule has 0 radical (unpaired) electrons. The zero-order chi connectivity index (χ0) is 15.1. The number of esters is 1. The van der Waals surface area contributed by atoms with Crippen LogP contribution >= 0.6 is 15.9 Å². The van der Waals surface area contributed by atoms with Gasteiger partial charge in [-0.3, -0.25) is 0 Å². The molecule has 0 amide bonds. The second-order valence-electron chi connectivity index (χ2n) is 4.09. The van der Waals surface area contributed by atoms with Gasteiger partial charge >= 0.3 is 11.9 Å². The van der Waals surface area contributed by atoms with Crippen LogP contribution in [-0.4, -0.2) is 30.3 Å². The maximum Gasteiger partial charge on any atom is 0.331 e. The van der Waals surface area contributed by atoms with Gasteiger partial charge in [-0.05, 0) is 40.5 Å². The van der Waals surface area contributed by atoms with Crippen LogP contribution in [0.15, 0.2) is 34.8 Å². The van der Waals surface area contributed by atoms with E-state index in [9.17, 15) is 9.59 Å². The van der Waals surface area contributed by atoms with Gasteiger partial charge in [-0.25, -0.2) is 9.59 Å². The van der Waals surface area contributed by atoms with E-state index in [-0.39, 0.29) is 6.10 Å². The van der Waals surface area contributed by atoms with E-state index >= 15 is 0 Å². The summed E-state index contributed by atoms with van der Waals surface area (Å²) in [5.74, 6) is -1.14. The number of hydrogen-bond donors (Lipinski definition) is 1. The smallest absolute Gasteiger partial charge is 0.331 e. The number of carboxylic acid groups (broad SMARTS) is 1. The van der Waals surface area contributed by atoms with Gasteiger partial charge in [0.05, 0.1) is 11.6 Å². The van der Waals surface area contributed by atoms with Crippen molar-refractivity contribution >= 4 is 27.9 Å². The summed E-state index contributed by atoms with van der Waals surface area (Å²) in [6.45, 7) is 1.74. The molecule has 1 aromatic rings. The average molecular weight is 343 g/mol. The van der Waals surface area contributed by atoms with E-state index in [1.165, 1.54) is 0 Å². The van der Waals surface area contributed by atoms with Crippen LogP contribution in [0, 0.1) is 0 Å². The summed E-state index contributed by atoms with van der Waals surface area (Å²) in [7, 11) is 1.58. The van der Waals surface area contributed by atoms with Crippen LogP contribution in [0.2, 0.25) is 0 Å². The van der Waals surface area contributed by atoms with Crippen molar-refractivity contribution in [1.82, 2.24) is 0 Å². The summed E-state index contributed by atoms with van der Waals surface area (Å²) in [5.41, 5.74) is 0.972. The van der Waals surface area contributed by atoms with Gasteiger partial charge in [0, 0.05) is 18.6 Å². The van der Waals surface area contributed by atoms with Crippen LogP contribution in [0.5, 0.6) is 5.75 Å². The first kappa shape index (κ1) is 16.2. The van der Waals surface area contributed by atoms with Gasteiger partial charge < -0.3 is 14.6 Å². The number of carbonyl (C=O) groups excluding carboxylic acids is 1. The number of aliphatic carboxylic acids is 1. The van der Waals surface area contributed by atoms with Gasteiger partial charge in [-0.15, -0.1) is 0 Å². The zero-order valence-corrected chi connectivity index (χ0v) is 12.7. The predicted octanol–water partition coefficient (Wildman–Crippen LogP) is 2.57. The maximum absolute atomic E-state index is 11.3. The predicted molar refractivity (Wildman–Crippen MR) is 76.7 cm³/mol. The fourth-order valence-electron chi connectivity index (χ4n) is 1.59. The first-order valence-electron chi connectivity index (χ1n) is 5.86. The van der Waals surface area contributed by atoms with Crippen LogP contribution in [-0.2, 0) is 20.7 Å². The lowest BCUT2D eigenvalue weighted by Gasteiger charge is -2.13. The summed E-state index contributed by atoms with van der Waals surface area (Å²) >= 11 is 3.38. The Morgan fingerprint density at radius 1 is 1.40 bits per heavy atom. The molecule has 1 atom stereocenters. The lowest BCUT2D eigenvalue weighted by molar-refractivity contribution is -0.142. The SMILES string of the molecule is COc1ccc(C[C@@H](C)OC(=O)/C=C\C(=O)O)cc1Br. The number of carboxylic acids is 1. The van der Waals surface area contributed by atoms with Gasteiger partial charge in [0.15, 0.2) is 0 Å². The van der Waals surface area contributed by atoms with Crippen LogP contribution in [0.4, 0.5) is 0 Å². The van der Waals surface area contributed by atoms with Gasteiger partial charge in [0.2, 0.25) is 0 Å². The number of halogens is 1. The standard InChI is InChI=1S/C14H15BrO5/c1-9(20-14(18)6-5-13(16)17)7-10-3-4-12(19-2)11(15)8-10/h3-6,8-9H,7H2,1-2H3,(H,16,17)/b6-5-/t9-/m1/s1. The monoisotopic (exact) mass is 342 g/mol. The Bertz CT molecular complexity index is 524. The van der Waals surface area contributed by atoms with Crippen LogP contribution < -0.4 is 4.74 Å². The van der Waals surface area contributed by atoms with Crippen molar-refractivity contribution < 1.29 is 24.2 Å². The third-order valence-electron chi connectivity index (χ3n) is 2.42. The van der Waals surface area contributed by atoms with Crippen molar-refractivity contribution in [3.63, 3.8) is 0 Å². The van der Waals surface area contributed by atoms with Gasteiger partial charge in [0.25, 0.3) is 0 Å². The Morgan fingerprint density at radius 2 is 2.10 bits per heavy atom. The topological polar surface area (TPSA) is 72.8 Å². The molecule has 0 aliphatic heterocycles. The molecule has 6 heteroatoms. The fraction of sp³-hybridized carbons (Fsp3) is 0.286. The lowest BCUT2D eigenvalue weighted by Crippen LogP contribution is -2.16. The van der Waals surface area contributed by atoms with E-state index in [0.29, 0.717) is 6.42 Å². The highest BCUT2D eigenvalue weighted by atomic mass is 79.9. The van der Waals surface area contributed by atoms with Crippen molar-refractivity contribution in [2.45, 2.75) is 19.4 Å². The average Bonchev–Trinajstić information content (AvgIpc) is 2.36. The van der Waals surface area contributed by atoms with Crippen molar-refractivity contribution in [3.05, 3.63) is 40.4 Å². The minimum atomic E-state index is -1.19. The minimum absolute atomic E-state index is 0.360. The summed E-state index contributed by atoms with van der Waals surface area (Å²) in [5, 5.41) is 8.40. The Kier molecular flexibility index (Phi) is 6.24. The summed E-state index contributed by atoms with van der Waals surface area (Å²) in [4.78, 5) is 21.6. The normalized spacial score (nSPS) is 12.2. The molecule has 1 aromatic carbocycles. The number of benzene rings is 1. The first-order valence-corrected chi connectivity index (χ1v) is 6.65. The highest BCUT2D eigenvalue weighted by Crippen LogP contribution is 2.26. The molecule has 20 heavy (non-hydrogen) atoms. The largest absolute Gasteiger partial charge is 0.496 e. The van der Waals surface area contributed by atoms with E-state index in [4.69, 9.17) is 14.6 Å².